The minimum Gasteiger partial charge on any atom is -0.497 e. The van der Waals surface area contributed by atoms with Crippen LogP contribution in [0.25, 0.3) is 0 Å². The van der Waals surface area contributed by atoms with Gasteiger partial charge in [-0.1, -0.05) is 77.8 Å². The molecule has 4 aromatic carbocycles. The van der Waals surface area contributed by atoms with Gasteiger partial charge in [0.1, 0.15) is 18.3 Å². The van der Waals surface area contributed by atoms with Crippen LogP contribution in [0.5, 0.6) is 5.75 Å². The number of sulfonamides is 1. The molecular formula is C33H33Cl2N3O5S. The van der Waals surface area contributed by atoms with Crippen molar-refractivity contribution in [3.63, 3.8) is 0 Å². The fourth-order valence-electron chi connectivity index (χ4n) is 4.68. The summed E-state index contributed by atoms with van der Waals surface area (Å²) in [6, 6.07) is 27.6. The highest BCUT2D eigenvalue weighted by Crippen LogP contribution is 2.27. The standard InChI is InChI=1S/C33H33Cl2N3O5S/c1-3-36-33(40)31(21-24-10-6-4-7-11-24)37(22-25-14-19-29(34)30(35)20-25)32(39)23-38(26-12-8-5-9-13-26)44(41,42)28-17-15-27(43-2)16-18-28/h4-20,31H,3,21-23H2,1-2H3,(H,36,40). The van der Waals surface area contributed by atoms with Crippen molar-refractivity contribution in [2.24, 2.45) is 0 Å². The third-order valence-corrected chi connectivity index (χ3v) is 9.46. The number of ether oxygens (including phenoxy) is 1. The lowest BCUT2D eigenvalue weighted by Crippen LogP contribution is -2.53. The van der Waals surface area contributed by atoms with Crippen molar-refractivity contribution in [1.82, 2.24) is 10.2 Å². The highest BCUT2D eigenvalue weighted by Gasteiger charge is 2.34. The second kappa shape index (κ2) is 15.1. The first-order valence-electron chi connectivity index (χ1n) is 13.9. The summed E-state index contributed by atoms with van der Waals surface area (Å²) in [5, 5.41) is 3.48. The van der Waals surface area contributed by atoms with Crippen molar-refractivity contribution in [2.75, 3.05) is 24.5 Å². The fourth-order valence-corrected chi connectivity index (χ4v) is 6.41. The van der Waals surface area contributed by atoms with Crippen LogP contribution in [0.15, 0.2) is 108 Å². The minimum atomic E-state index is -4.22. The van der Waals surface area contributed by atoms with Gasteiger partial charge in [-0.3, -0.25) is 13.9 Å². The Kier molecular flexibility index (Phi) is 11.3. The number of hydrogen-bond donors (Lipinski definition) is 1. The predicted molar refractivity (Wildman–Crippen MR) is 174 cm³/mol. The van der Waals surface area contributed by atoms with Gasteiger partial charge in [-0.2, -0.15) is 0 Å². The third-order valence-electron chi connectivity index (χ3n) is 6.93. The van der Waals surface area contributed by atoms with Crippen LogP contribution in [-0.2, 0) is 32.6 Å². The molecule has 0 aromatic heterocycles. The van der Waals surface area contributed by atoms with Gasteiger partial charge in [0.2, 0.25) is 11.8 Å². The van der Waals surface area contributed by atoms with E-state index in [0.29, 0.717) is 33.6 Å². The number of amides is 2. The molecule has 44 heavy (non-hydrogen) atoms. The fraction of sp³-hybridized carbons (Fsp3) is 0.212. The van der Waals surface area contributed by atoms with Gasteiger partial charge in [0.05, 0.1) is 27.7 Å². The van der Waals surface area contributed by atoms with Crippen LogP contribution in [-0.4, -0.2) is 51.4 Å². The molecule has 0 saturated carbocycles. The van der Waals surface area contributed by atoms with E-state index in [1.54, 1.807) is 67.6 Å². The molecule has 1 N–H and O–H groups in total. The summed E-state index contributed by atoms with van der Waals surface area (Å²) in [4.78, 5) is 29.3. The predicted octanol–water partition coefficient (Wildman–Crippen LogP) is 5.97. The lowest BCUT2D eigenvalue weighted by Gasteiger charge is -2.34. The number of nitrogens with zero attached hydrogens (tertiary/aromatic N) is 2. The SMILES string of the molecule is CCNC(=O)C(Cc1ccccc1)N(Cc1ccc(Cl)c(Cl)c1)C(=O)CN(c1ccccc1)S(=O)(=O)c1ccc(OC)cc1. The van der Waals surface area contributed by atoms with E-state index in [4.69, 9.17) is 27.9 Å². The normalized spacial score (nSPS) is 11.8. The molecule has 0 fully saturated rings. The molecule has 2 amide bonds. The molecule has 230 valence electrons. The second-order valence-electron chi connectivity index (χ2n) is 9.89. The second-order valence-corrected chi connectivity index (χ2v) is 12.6. The van der Waals surface area contributed by atoms with Crippen LogP contribution < -0.4 is 14.4 Å². The summed E-state index contributed by atoms with van der Waals surface area (Å²) in [7, 11) is -2.73. The molecule has 1 unspecified atom stereocenters. The first-order valence-corrected chi connectivity index (χ1v) is 16.1. The lowest BCUT2D eigenvalue weighted by molar-refractivity contribution is -0.140. The molecule has 0 spiro atoms. The number of methoxy groups -OCH3 is 1. The summed E-state index contributed by atoms with van der Waals surface area (Å²) >= 11 is 12.4. The van der Waals surface area contributed by atoms with Gasteiger partial charge in [0.25, 0.3) is 10.0 Å². The molecule has 1 atom stereocenters. The average molecular weight is 655 g/mol. The smallest absolute Gasteiger partial charge is 0.264 e. The molecule has 8 nitrogen and oxygen atoms in total. The minimum absolute atomic E-state index is 0.0180. The summed E-state index contributed by atoms with van der Waals surface area (Å²) in [5.41, 5.74) is 1.75. The first-order chi connectivity index (χ1) is 21.1. The lowest BCUT2D eigenvalue weighted by atomic mass is 10.0. The zero-order valence-corrected chi connectivity index (χ0v) is 26.6. The number of likely N-dealkylation sites (N-methyl/N-ethyl adjacent to an activating group) is 1. The molecule has 0 radical (unpaired) electrons. The summed E-state index contributed by atoms with van der Waals surface area (Å²) in [6.45, 7) is 1.56. The Morgan fingerprint density at radius 2 is 1.48 bits per heavy atom. The number of anilines is 1. The molecule has 4 aromatic rings. The largest absolute Gasteiger partial charge is 0.497 e. The number of halogens is 2. The highest BCUT2D eigenvalue weighted by atomic mass is 35.5. The van der Waals surface area contributed by atoms with E-state index in [9.17, 15) is 18.0 Å². The highest BCUT2D eigenvalue weighted by molar-refractivity contribution is 7.92. The number of rotatable bonds is 13. The molecule has 4 rings (SSSR count). The van der Waals surface area contributed by atoms with E-state index in [0.717, 1.165) is 9.87 Å². The molecular weight excluding hydrogens is 621 g/mol. The van der Waals surface area contributed by atoms with Crippen molar-refractivity contribution < 1.29 is 22.7 Å². The van der Waals surface area contributed by atoms with Crippen LogP contribution >= 0.6 is 23.2 Å². The van der Waals surface area contributed by atoms with Crippen molar-refractivity contribution >= 4 is 50.7 Å². The molecule has 0 aliphatic rings. The Balaban J connectivity index is 1.78. The van der Waals surface area contributed by atoms with Crippen LogP contribution in [0.3, 0.4) is 0 Å². The maximum absolute atomic E-state index is 14.4. The van der Waals surface area contributed by atoms with Crippen LogP contribution in [0.2, 0.25) is 10.0 Å². The number of carbonyl (C=O) groups is 2. The molecule has 0 bridgehead atoms. The molecule has 0 saturated heterocycles. The van der Waals surface area contributed by atoms with Gasteiger partial charge in [0, 0.05) is 19.5 Å². The molecule has 0 aliphatic heterocycles. The van der Waals surface area contributed by atoms with Crippen molar-refractivity contribution in [3.8, 4) is 5.75 Å². The number of benzene rings is 4. The van der Waals surface area contributed by atoms with Crippen LogP contribution in [0, 0.1) is 0 Å². The van der Waals surface area contributed by atoms with Gasteiger partial charge >= 0.3 is 0 Å². The zero-order valence-electron chi connectivity index (χ0n) is 24.3. The number of para-hydroxylation sites is 1. The summed E-state index contributed by atoms with van der Waals surface area (Å²) in [6.07, 6.45) is 0.205. The summed E-state index contributed by atoms with van der Waals surface area (Å²) in [5.74, 6) is -0.456. The van der Waals surface area contributed by atoms with E-state index < -0.39 is 28.5 Å². The van der Waals surface area contributed by atoms with E-state index >= 15 is 0 Å². The third kappa shape index (κ3) is 8.11. The van der Waals surface area contributed by atoms with Crippen molar-refractivity contribution in [2.45, 2.75) is 30.8 Å². The quantitative estimate of drug-likeness (QED) is 0.192. The monoisotopic (exact) mass is 653 g/mol. The van der Waals surface area contributed by atoms with Gasteiger partial charge in [-0.25, -0.2) is 8.42 Å². The van der Waals surface area contributed by atoms with Gasteiger partial charge in [-0.05, 0) is 66.6 Å². The maximum atomic E-state index is 14.4. The number of carbonyl (C=O) groups excluding carboxylic acids is 2. The van der Waals surface area contributed by atoms with E-state index in [2.05, 4.69) is 5.32 Å². The Hall–Kier alpha value is -4.05. The first kappa shape index (κ1) is 32.9. The van der Waals surface area contributed by atoms with Gasteiger partial charge in [0.15, 0.2) is 0 Å². The van der Waals surface area contributed by atoms with Crippen molar-refractivity contribution in [1.29, 1.82) is 0 Å². The Morgan fingerprint density at radius 3 is 2.07 bits per heavy atom. The van der Waals surface area contributed by atoms with Gasteiger partial charge in [-0.15, -0.1) is 0 Å². The van der Waals surface area contributed by atoms with E-state index in [1.165, 1.54) is 24.1 Å². The summed E-state index contributed by atoms with van der Waals surface area (Å²) < 4.78 is 34.3. The van der Waals surface area contributed by atoms with Crippen LogP contribution in [0.1, 0.15) is 18.1 Å². The van der Waals surface area contributed by atoms with Crippen molar-refractivity contribution in [3.05, 3.63) is 124 Å². The molecule has 0 heterocycles. The number of hydrogen-bond acceptors (Lipinski definition) is 5. The Labute approximate surface area is 268 Å². The Morgan fingerprint density at radius 1 is 0.841 bits per heavy atom. The Bertz CT molecular complexity index is 1670. The molecule has 11 heteroatoms. The zero-order chi connectivity index (χ0) is 31.7. The van der Waals surface area contributed by atoms with Gasteiger partial charge < -0.3 is 15.0 Å². The van der Waals surface area contributed by atoms with Crippen LogP contribution in [0.4, 0.5) is 5.69 Å². The molecule has 0 aliphatic carbocycles. The topological polar surface area (TPSA) is 96.0 Å². The average Bonchev–Trinajstić information content (AvgIpc) is 3.04. The van der Waals surface area contributed by atoms with E-state index in [-0.39, 0.29) is 23.8 Å². The number of nitrogens with one attached hydrogen (secondary N) is 1. The maximum Gasteiger partial charge on any atom is 0.264 e. The van der Waals surface area contributed by atoms with E-state index in [1.807, 2.05) is 30.3 Å².